The van der Waals surface area contributed by atoms with Crippen molar-refractivity contribution in [3.05, 3.63) is 76.2 Å². The minimum Gasteiger partial charge on any atom is -0.340 e. The molecule has 132 valence electrons. The lowest BCUT2D eigenvalue weighted by molar-refractivity contribution is 0.102. The summed E-state index contributed by atoms with van der Waals surface area (Å²) in [5.74, 6) is 0.757. The molecule has 0 aliphatic carbocycles. The van der Waals surface area contributed by atoms with Gasteiger partial charge in [0.05, 0.1) is 0 Å². The van der Waals surface area contributed by atoms with Crippen LogP contribution in [0.5, 0.6) is 0 Å². The standard InChI is InChI=1S/C20H19ClN4O/c1-12-5-4-6-15(9-12)24-19-11-18(22-14(3)23-19)20(26)25-16-8-7-13(2)17(21)10-16/h4-11H,1-3H3,(H,25,26)(H,22,23,24). The van der Waals surface area contributed by atoms with E-state index in [-0.39, 0.29) is 11.6 Å². The van der Waals surface area contributed by atoms with Gasteiger partial charge in [0, 0.05) is 22.5 Å². The van der Waals surface area contributed by atoms with E-state index in [2.05, 4.69) is 20.6 Å². The van der Waals surface area contributed by atoms with Crippen LogP contribution in [0.25, 0.3) is 0 Å². The summed E-state index contributed by atoms with van der Waals surface area (Å²) in [6, 6.07) is 14.9. The number of nitrogens with one attached hydrogen (secondary N) is 2. The molecule has 5 nitrogen and oxygen atoms in total. The van der Waals surface area contributed by atoms with Crippen molar-refractivity contribution >= 4 is 34.7 Å². The van der Waals surface area contributed by atoms with Crippen LogP contribution in [0.4, 0.5) is 17.2 Å². The van der Waals surface area contributed by atoms with Gasteiger partial charge < -0.3 is 10.6 Å². The highest BCUT2D eigenvalue weighted by Crippen LogP contribution is 2.21. The maximum atomic E-state index is 12.5. The second-order valence-corrected chi connectivity index (χ2v) is 6.51. The van der Waals surface area contributed by atoms with E-state index in [1.165, 1.54) is 0 Å². The lowest BCUT2D eigenvalue weighted by Gasteiger charge is -2.10. The molecule has 0 atom stereocenters. The molecule has 6 heteroatoms. The first-order valence-corrected chi connectivity index (χ1v) is 8.55. The SMILES string of the molecule is Cc1cccc(Nc2cc(C(=O)Nc3ccc(C)c(Cl)c3)nc(C)n2)c1. The first-order valence-electron chi connectivity index (χ1n) is 8.17. The van der Waals surface area contributed by atoms with Crippen molar-refractivity contribution in [1.82, 2.24) is 9.97 Å². The predicted octanol–water partition coefficient (Wildman–Crippen LogP) is 5.05. The number of aryl methyl sites for hydroxylation is 3. The third-order valence-corrected chi connectivity index (χ3v) is 4.20. The van der Waals surface area contributed by atoms with Gasteiger partial charge in [0.2, 0.25) is 0 Å². The lowest BCUT2D eigenvalue weighted by atomic mass is 10.2. The monoisotopic (exact) mass is 366 g/mol. The molecule has 0 fully saturated rings. The summed E-state index contributed by atoms with van der Waals surface area (Å²) in [5.41, 5.74) is 3.89. The quantitative estimate of drug-likeness (QED) is 0.678. The zero-order chi connectivity index (χ0) is 18.7. The molecule has 2 N–H and O–H groups in total. The van der Waals surface area contributed by atoms with E-state index in [1.807, 2.05) is 44.2 Å². The molecule has 0 spiro atoms. The minimum absolute atomic E-state index is 0.282. The van der Waals surface area contributed by atoms with Crippen LogP contribution < -0.4 is 10.6 Å². The maximum absolute atomic E-state index is 12.5. The first-order chi connectivity index (χ1) is 12.4. The maximum Gasteiger partial charge on any atom is 0.274 e. The molecule has 0 saturated carbocycles. The van der Waals surface area contributed by atoms with Gasteiger partial charge in [0.15, 0.2) is 0 Å². The van der Waals surface area contributed by atoms with Crippen LogP contribution >= 0.6 is 11.6 Å². The molecule has 0 aliphatic rings. The number of amides is 1. The fourth-order valence-corrected chi connectivity index (χ4v) is 2.67. The van der Waals surface area contributed by atoms with E-state index in [1.54, 1.807) is 25.1 Å². The Bertz CT molecular complexity index is 972. The molecule has 1 heterocycles. The van der Waals surface area contributed by atoms with Gasteiger partial charge in [0.25, 0.3) is 5.91 Å². The van der Waals surface area contributed by atoms with Gasteiger partial charge in [-0.15, -0.1) is 0 Å². The second-order valence-electron chi connectivity index (χ2n) is 6.10. The summed E-state index contributed by atoms with van der Waals surface area (Å²) >= 11 is 6.11. The smallest absolute Gasteiger partial charge is 0.274 e. The number of halogens is 1. The van der Waals surface area contributed by atoms with Gasteiger partial charge in [-0.05, 0) is 56.2 Å². The van der Waals surface area contributed by atoms with E-state index in [4.69, 9.17) is 11.6 Å². The number of hydrogen-bond donors (Lipinski definition) is 2. The zero-order valence-corrected chi connectivity index (χ0v) is 15.6. The predicted molar refractivity (Wildman–Crippen MR) is 105 cm³/mol. The highest BCUT2D eigenvalue weighted by molar-refractivity contribution is 6.31. The van der Waals surface area contributed by atoms with Crippen LogP contribution in [-0.2, 0) is 0 Å². The number of carbonyl (C=O) groups is 1. The van der Waals surface area contributed by atoms with Gasteiger partial charge in [-0.1, -0.05) is 29.8 Å². The lowest BCUT2D eigenvalue weighted by Crippen LogP contribution is -2.15. The van der Waals surface area contributed by atoms with Crippen molar-refractivity contribution in [1.29, 1.82) is 0 Å². The van der Waals surface area contributed by atoms with Crippen molar-refractivity contribution < 1.29 is 4.79 Å². The van der Waals surface area contributed by atoms with Gasteiger partial charge in [-0.25, -0.2) is 9.97 Å². The largest absolute Gasteiger partial charge is 0.340 e. The Morgan fingerprint density at radius 3 is 2.50 bits per heavy atom. The van der Waals surface area contributed by atoms with Crippen LogP contribution in [0.3, 0.4) is 0 Å². The Morgan fingerprint density at radius 1 is 0.962 bits per heavy atom. The average molecular weight is 367 g/mol. The third kappa shape index (κ3) is 4.37. The topological polar surface area (TPSA) is 66.9 Å². The molecule has 0 saturated heterocycles. The molecule has 3 rings (SSSR count). The molecular weight excluding hydrogens is 348 g/mol. The fourth-order valence-electron chi connectivity index (χ4n) is 2.48. The summed E-state index contributed by atoms with van der Waals surface area (Å²) in [6.07, 6.45) is 0. The highest BCUT2D eigenvalue weighted by Gasteiger charge is 2.12. The molecular formula is C20H19ClN4O. The summed E-state index contributed by atoms with van der Waals surface area (Å²) in [7, 11) is 0. The Morgan fingerprint density at radius 2 is 1.77 bits per heavy atom. The van der Waals surface area contributed by atoms with Crippen LogP contribution in [-0.4, -0.2) is 15.9 Å². The number of anilines is 3. The summed E-state index contributed by atoms with van der Waals surface area (Å²) in [4.78, 5) is 21.1. The number of aromatic nitrogens is 2. The van der Waals surface area contributed by atoms with Gasteiger partial charge >= 0.3 is 0 Å². The molecule has 3 aromatic rings. The number of rotatable bonds is 4. The molecule has 1 aromatic heterocycles. The highest BCUT2D eigenvalue weighted by atomic mass is 35.5. The fraction of sp³-hybridized carbons (Fsp3) is 0.150. The third-order valence-electron chi connectivity index (χ3n) is 3.79. The van der Waals surface area contributed by atoms with E-state index < -0.39 is 0 Å². The van der Waals surface area contributed by atoms with E-state index in [0.717, 1.165) is 16.8 Å². The van der Waals surface area contributed by atoms with Crippen molar-refractivity contribution in [3.63, 3.8) is 0 Å². The van der Waals surface area contributed by atoms with Crippen LogP contribution in [0.2, 0.25) is 5.02 Å². The van der Waals surface area contributed by atoms with Gasteiger partial charge in [-0.2, -0.15) is 0 Å². The van der Waals surface area contributed by atoms with Crippen molar-refractivity contribution in [3.8, 4) is 0 Å². The molecule has 0 unspecified atom stereocenters. The molecule has 0 aliphatic heterocycles. The van der Waals surface area contributed by atoms with E-state index in [0.29, 0.717) is 22.4 Å². The number of hydrogen-bond acceptors (Lipinski definition) is 4. The van der Waals surface area contributed by atoms with Crippen LogP contribution in [0.15, 0.2) is 48.5 Å². The molecule has 1 amide bonds. The average Bonchev–Trinajstić information content (AvgIpc) is 2.57. The molecule has 0 radical (unpaired) electrons. The Kier molecular flexibility index (Phi) is 5.19. The van der Waals surface area contributed by atoms with Crippen LogP contribution in [0.1, 0.15) is 27.4 Å². The Hall–Kier alpha value is -2.92. The van der Waals surface area contributed by atoms with Gasteiger partial charge in [-0.3, -0.25) is 4.79 Å². The molecule has 0 bridgehead atoms. The number of benzene rings is 2. The van der Waals surface area contributed by atoms with Crippen molar-refractivity contribution in [2.75, 3.05) is 10.6 Å². The molecule has 26 heavy (non-hydrogen) atoms. The number of carbonyl (C=O) groups excluding carboxylic acids is 1. The van der Waals surface area contributed by atoms with Crippen molar-refractivity contribution in [2.45, 2.75) is 20.8 Å². The normalized spacial score (nSPS) is 10.5. The summed E-state index contributed by atoms with van der Waals surface area (Å²) in [6.45, 7) is 5.67. The van der Waals surface area contributed by atoms with Gasteiger partial charge in [0.1, 0.15) is 17.3 Å². The van der Waals surface area contributed by atoms with E-state index >= 15 is 0 Å². The zero-order valence-electron chi connectivity index (χ0n) is 14.8. The van der Waals surface area contributed by atoms with Crippen molar-refractivity contribution in [2.24, 2.45) is 0 Å². The second kappa shape index (κ2) is 7.54. The molecule has 2 aromatic carbocycles. The Balaban J connectivity index is 1.82. The first kappa shape index (κ1) is 17.9. The Labute approximate surface area is 157 Å². The summed E-state index contributed by atoms with van der Waals surface area (Å²) < 4.78 is 0. The summed E-state index contributed by atoms with van der Waals surface area (Å²) in [5, 5.41) is 6.62. The number of nitrogens with zero attached hydrogens (tertiary/aromatic N) is 2. The van der Waals surface area contributed by atoms with Crippen LogP contribution in [0, 0.1) is 20.8 Å². The van der Waals surface area contributed by atoms with E-state index in [9.17, 15) is 4.79 Å². The minimum atomic E-state index is -0.317.